The molecule has 0 bridgehead atoms. The SMILES string of the molecule is Cn1cnnc1CSCC(NC(=O)OC(C)(C)C)C(=O)O. The van der Waals surface area contributed by atoms with Crippen LogP contribution in [0, 0.1) is 0 Å². The Balaban J connectivity index is 2.45. The van der Waals surface area contributed by atoms with E-state index in [1.54, 1.807) is 31.7 Å². The Kier molecular flexibility index (Phi) is 6.01. The van der Waals surface area contributed by atoms with Crippen LogP contribution in [0.25, 0.3) is 0 Å². The Morgan fingerprint density at radius 2 is 2.19 bits per heavy atom. The summed E-state index contributed by atoms with van der Waals surface area (Å²) in [5.41, 5.74) is -0.668. The molecule has 0 aliphatic rings. The molecule has 1 aromatic rings. The van der Waals surface area contributed by atoms with Crippen LogP contribution in [0.15, 0.2) is 6.33 Å². The molecule has 0 fully saturated rings. The van der Waals surface area contributed by atoms with Gasteiger partial charge < -0.3 is 19.7 Å². The lowest BCUT2D eigenvalue weighted by Crippen LogP contribution is -2.44. The minimum atomic E-state index is -1.11. The Morgan fingerprint density at radius 3 is 2.67 bits per heavy atom. The number of carbonyl (C=O) groups excluding carboxylic acids is 1. The van der Waals surface area contributed by atoms with Crippen molar-refractivity contribution >= 4 is 23.8 Å². The zero-order valence-electron chi connectivity index (χ0n) is 12.5. The first-order valence-electron chi connectivity index (χ1n) is 6.32. The van der Waals surface area contributed by atoms with Crippen LogP contribution in [0.3, 0.4) is 0 Å². The minimum Gasteiger partial charge on any atom is -0.480 e. The highest BCUT2D eigenvalue weighted by Crippen LogP contribution is 2.12. The smallest absolute Gasteiger partial charge is 0.408 e. The molecule has 0 radical (unpaired) electrons. The van der Waals surface area contributed by atoms with Crippen molar-refractivity contribution in [2.24, 2.45) is 7.05 Å². The van der Waals surface area contributed by atoms with Crippen LogP contribution in [0.4, 0.5) is 4.79 Å². The zero-order chi connectivity index (χ0) is 16.0. The number of rotatable bonds is 6. The second-order valence-corrected chi connectivity index (χ2v) is 6.44. The average molecular weight is 316 g/mol. The standard InChI is InChI=1S/C12H20N4O4S/c1-12(2,3)20-11(19)14-8(10(17)18)5-21-6-9-15-13-7-16(9)4/h7-8H,5-6H2,1-4H3,(H,14,19)(H,17,18). The predicted molar refractivity (Wildman–Crippen MR) is 78.0 cm³/mol. The van der Waals surface area contributed by atoms with Gasteiger partial charge in [-0.2, -0.15) is 11.8 Å². The minimum absolute atomic E-state index is 0.210. The molecule has 0 aromatic carbocycles. The molecular formula is C12H20N4O4S. The molecule has 0 aliphatic carbocycles. The normalized spacial score (nSPS) is 12.8. The lowest BCUT2D eigenvalue weighted by Gasteiger charge is -2.21. The zero-order valence-corrected chi connectivity index (χ0v) is 13.3. The maximum Gasteiger partial charge on any atom is 0.408 e. The van der Waals surface area contributed by atoms with Gasteiger partial charge in [0.25, 0.3) is 0 Å². The van der Waals surface area contributed by atoms with E-state index in [0.29, 0.717) is 5.75 Å². The largest absolute Gasteiger partial charge is 0.480 e. The molecule has 1 atom stereocenters. The van der Waals surface area contributed by atoms with Crippen molar-refractivity contribution in [3.63, 3.8) is 0 Å². The van der Waals surface area contributed by atoms with Crippen molar-refractivity contribution in [3.8, 4) is 0 Å². The van der Waals surface area contributed by atoms with Crippen molar-refractivity contribution < 1.29 is 19.4 Å². The van der Waals surface area contributed by atoms with Crippen molar-refractivity contribution in [1.82, 2.24) is 20.1 Å². The summed E-state index contributed by atoms with van der Waals surface area (Å²) in [7, 11) is 1.81. The first-order valence-corrected chi connectivity index (χ1v) is 7.47. The molecule has 1 amide bonds. The van der Waals surface area contributed by atoms with Crippen molar-refractivity contribution in [2.45, 2.75) is 38.2 Å². The summed E-state index contributed by atoms with van der Waals surface area (Å²) in [5.74, 6) is 0.352. The number of thioether (sulfide) groups is 1. The first-order chi connectivity index (χ1) is 9.69. The van der Waals surface area contributed by atoms with Gasteiger partial charge in [0.2, 0.25) is 0 Å². The maximum absolute atomic E-state index is 11.6. The van der Waals surface area contributed by atoms with Gasteiger partial charge in [0, 0.05) is 12.8 Å². The molecule has 1 heterocycles. The number of alkyl carbamates (subject to hydrolysis) is 1. The fourth-order valence-corrected chi connectivity index (χ4v) is 2.35. The summed E-state index contributed by atoms with van der Waals surface area (Å²) >= 11 is 1.35. The van der Waals surface area contributed by atoms with Crippen LogP contribution in [0.1, 0.15) is 26.6 Å². The number of amides is 1. The van der Waals surface area contributed by atoms with E-state index >= 15 is 0 Å². The van der Waals surface area contributed by atoms with Crippen LogP contribution in [-0.4, -0.2) is 49.3 Å². The molecule has 118 valence electrons. The molecular weight excluding hydrogens is 296 g/mol. The van der Waals surface area contributed by atoms with E-state index in [1.807, 2.05) is 7.05 Å². The molecule has 21 heavy (non-hydrogen) atoms. The van der Waals surface area contributed by atoms with Crippen LogP contribution in [0.2, 0.25) is 0 Å². The van der Waals surface area contributed by atoms with Crippen LogP contribution >= 0.6 is 11.8 Å². The van der Waals surface area contributed by atoms with Gasteiger partial charge in [0.1, 0.15) is 23.8 Å². The highest BCUT2D eigenvalue weighted by molar-refractivity contribution is 7.98. The van der Waals surface area contributed by atoms with Crippen LogP contribution < -0.4 is 5.32 Å². The molecule has 1 aromatic heterocycles. The third kappa shape index (κ3) is 6.48. The number of nitrogens with zero attached hydrogens (tertiary/aromatic N) is 3. The summed E-state index contributed by atoms with van der Waals surface area (Å²) in [6, 6.07) is -1.02. The van der Waals surface area contributed by atoms with Gasteiger partial charge in [-0.25, -0.2) is 9.59 Å². The maximum atomic E-state index is 11.6. The number of carboxylic acid groups (broad SMARTS) is 1. The quantitative estimate of drug-likeness (QED) is 0.807. The Labute approximate surface area is 127 Å². The average Bonchev–Trinajstić information content (AvgIpc) is 2.71. The molecule has 0 saturated heterocycles. The number of aromatic nitrogens is 3. The van der Waals surface area contributed by atoms with E-state index in [1.165, 1.54) is 11.8 Å². The van der Waals surface area contributed by atoms with E-state index in [4.69, 9.17) is 9.84 Å². The van der Waals surface area contributed by atoms with Crippen molar-refractivity contribution in [1.29, 1.82) is 0 Å². The molecule has 0 aliphatic heterocycles. The summed E-state index contributed by atoms with van der Waals surface area (Å²) in [4.78, 5) is 22.7. The summed E-state index contributed by atoms with van der Waals surface area (Å²) in [6.45, 7) is 5.14. The lowest BCUT2D eigenvalue weighted by molar-refractivity contribution is -0.138. The van der Waals surface area contributed by atoms with Gasteiger partial charge in [-0.1, -0.05) is 0 Å². The van der Waals surface area contributed by atoms with E-state index in [9.17, 15) is 9.59 Å². The van der Waals surface area contributed by atoms with Crippen molar-refractivity contribution in [3.05, 3.63) is 12.2 Å². The second kappa shape index (κ2) is 7.30. The number of carbonyl (C=O) groups is 2. The third-order valence-electron chi connectivity index (χ3n) is 2.31. The molecule has 1 unspecified atom stereocenters. The third-order valence-corrected chi connectivity index (χ3v) is 3.34. The van der Waals surface area contributed by atoms with Gasteiger partial charge in [-0.05, 0) is 20.8 Å². The fraction of sp³-hybridized carbons (Fsp3) is 0.667. The van der Waals surface area contributed by atoms with Gasteiger partial charge in [-0.3, -0.25) is 0 Å². The number of aliphatic carboxylic acids is 1. The lowest BCUT2D eigenvalue weighted by atomic mass is 10.2. The van der Waals surface area contributed by atoms with Crippen LogP contribution in [-0.2, 0) is 22.3 Å². The van der Waals surface area contributed by atoms with E-state index in [-0.39, 0.29) is 5.75 Å². The summed E-state index contributed by atoms with van der Waals surface area (Å²) in [5, 5.41) is 19.1. The summed E-state index contributed by atoms with van der Waals surface area (Å²) in [6.07, 6.45) is 0.831. The summed E-state index contributed by atoms with van der Waals surface area (Å²) < 4.78 is 6.79. The molecule has 2 N–H and O–H groups in total. The monoisotopic (exact) mass is 316 g/mol. The molecule has 8 nitrogen and oxygen atoms in total. The van der Waals surface area contributed by atoms with Crippen LogP contribution in [0.5, 0.6) is 0 Å². The molecule has 9 heteroatoms. The van der Waals surface area contributed by atoms with Crippen molar-refractivity contribution in [2.75, 3.05) is 5.75 Å². The van der Waals surface area contributed by atoms with E-state index in [0.717, 1.165) is 5.82 Å². The Hall–Kier alpha value is -1.77. The Morgan fingerprint density at radius 1 is 1.52 bits per heavy atom. The van der Waals surface area contributed by atoms with Gasteiger partial charge >= 0.3 is 12.1 Å². The molecule has 0 saturated carbocycles. The fourth-order valence-electron chi connectivity index (χ4n) is 1.33. The predicted octanol–water partition coefficient (Wildman–Crippen LogP) is 1.03. The van der Waals surface area contributed by atoms with Gasteiger partial charge in [-0.15, -0.1) is 10.2 Å². The number of hydrogen-bond acceptors (Lipinski definition) is 6. The number of aryl methyl sites for hydroxylation is 1. The highest BCUT2D eigenvalue weighted by atomic mass is 32.2. The van der Waals surface area contributed by atoms with Gasteiger partial charge in [0.05, 0.1) is 5.75 Å². The molecule has 1 rings (SSSR count). The topological polar surface area (TPSA) is 106 Å². The Bertz CT molecular complexity index is 498. The molecule has 0 spiro atoms. The second-order valence-electron chi connectivity index (χ2n) is 5.41. The number of ether oxygens (including phenoxy) is 1. The highest BCUT2D eigenvalue weighted by Gasteiger charge is 2.24. The number of hydrogen-bond donors (Lipinski definition) is 2. The number of nitrogens with one attached hydrogen (secondary N) is 1. The van der Waals surface area contributed by atoms with E-state index < -0.39 is 23.7 Å². The van der Waals surface area contributed by atoms with Gasteiger partial charge in [0.15, 0.2) is 0 Å². The van der Waals surface area contributed by atoms with E-state index in [2.05, 4.69) is 15.5 Å². The first kappa shape index (κ1) is 17.3. The number of carboxylic acids is 1.